The zero-order chi connectivity index (χ0) is 17.8. The zero-order valence-corrected chi connectivity index (χ0v) is 13.5. The molecule has 130 valence electrons. The van der Waals surface area contributed by atoms with Crippen molar-refractivity contribution in [2.75, 3.05) is 31.1 Å². The molecule has 0 radical (unpaired) electrons. The quantitative estimate of drug-likeness (QED) is 0.630. The normalized spacial score (nSPS) is 15.1. The molecule has 0 atom stereocenters. The van der Waals surface area contributed by atoms with Crippen LogP contribution in [0.25, 0.3) is 0 Å². The van der Waals surface area contributed by atoms with E-state index in [1.54, 1.807) is 24.7 Å². The van der Waals surface area contributed by atoms with Gasteiger partial charge < -0.3 is 10.6 Å². The number of nitro groups is 1. The second-order valence-corrected chi connectivity index (χ2v) is 5.79. The van der Waals surface area contributed by atoms with Crippen molar-refractivity contribution in [3.8, 4) is 0 Å². The molecule has 1 aromatic heterocycles. The Morgan fingerprint density at radius 3 is 2.60 bits per heavy atom. The largest absolute Gasteiger partial charge is 0.366 e. The number of hydrogen-bond acceptors (Lipinski definition) is 7. The van der Waals surface area contributed by atoms with Crippen LogP contribution in [0.2, 0.25) is 0 Å². The van der Waals surface area contributed by atoms with Gasteiger partial charge in [0.2, 0.25) is 5.91 Å². The number of anilines is 1. The first-order valence-corrected chi connectivity index (χ1v) is 7.85. The number of aromatic nitrogens is 2. The number of nitrogens with zero attached hydrogens (tertiary/aromatic N) is 5. The van der Waals surface area contributed by atoms with Crippen LogP contribution in [0.15, 0.2) is 36.8 Å². The van der Waals surface area contributed by atoms with Crippen molar-refractivity contribution in [3.63, 3.8) is 0 Å². The Kier molecular flexibility index (Phi) is 4.85. The smallest absolute Gasteiger partial charge is 0.274 e. The molecule has 1 aliphatic heterocycles. The number of primary amides is 1. The number of piperazine rings is 1. The van der Waals surface area contributed by atoms with E-state index in [-0.39, 0.29) is 11.3 Å². The van der Waals surface area contributed by atoms with Gasteiger partial charge in [-0.15, -0.1) is 0 Å². The molecule has 1 fully saturated rings. The summed E-state index contributed by atoms with van der Waals surface area (Å²) in [7, 11) is 0. The monoisotopic (exact) mass is 342 g/mol. The van der Waals surface area contributed by atoms with Crippen LogP contribution >= 0.6 is 0 Å². The fourth-order valence-electron chi connectivity index (χ4n) is 2.85. The first-order chi connectivity index (χ1) is 12.0. The van der Waals surface area contributed by atoms with Gasteiger partial charge in [0.05, 0.1) is 11.1 Å². The van der Waals surface area contributed by atoms with Gasteiger partial charge in [0.1, 0.15) is 5.82 Å². The summed E-state index contributed by atoms with van der Waals surface area (Å²) in [6.07, 6.45) is 5.02. The Hall–Kier alpha value is -3.07. The molecule has 0 aliphatic carbocycles. The van der Waals surface area contributed by atoms with Gasteiger partial charge in [0.25, 0.3) is 5.69 Å². The van der Waals surface area contributed by atoms with E-state index in [9.17, 15) is 14.9 Å². The van der Waals surface area contributed by atoms with Crippen LogP contribution in [0.3, 0.4) is 0 Å². The van der Waals surface area contributed by atoms with Crippen LogP contribution in [0.5, 0.6) is 0 Å². The summed E-state index contributed by atoms with van der Waals surface area (Å²) in [5, 5.41) is 11.3. The number of carbonyl (C=O) groups excluding carboxylic acids is 1. The van der Waals surface area contributed by atoms with E-state index >= 15 is 0 Å². The molecule has 1 amide bonds. The minimum atomic E-state index is -0.674. The molecule has 9 nitrogen and oxygen atoms in total. The third kappa shape index (κ3) is 3.89. The maximum atomic E-state index is 11.3. The maximum absolute atomic E-state index is 11.3. The van der Waals surface area contributed by atoms with E-state index in [0.29, 0.717) is 12.1 Å². The predicted molar refractivity (Wildman–Crippen MR) is 91.1 cm³/mol. The minimum absolute atomic E-state index is 0.0762. The summed E-state index contributed by atoms with van der Waals surface area (Å²) in [6.45, 7) is 3.50. The lowest BCUT2D eigenvalue weighted by atomic mass is 10.1. The standard InChI is InChI=1S/C16H18N6O3/c17-16(23)12-1-2-13(14(9-12)22(24)25)11-20-5-7-21(8-6-20)15-10-18-3-4-19-15/h1-4,9-10H,5-8,11H2,(H2,17,23). The predicted octanol–water partition coefficient (Wildman–Crippen LogP) is 0.806. The van der Waals surface area contributed by atoms with Crippen LogP contribution in [0.4, 0.5) is 11.5 Å². The van der Waals surface area contributed by atoms with Crippen molar-refractivity contribution in [1.29, 1.82) is 0 Å². The van der Waals surface area contributed by atoms with E-state index in [1.807, 2.05) is 0 Å². The maximum Gasteiger partial charge on any atom is 0.274 e. The number of carbonyl (C=O) groups is 1. The zero-order valence-electron chi connectivity index (χ0n) is 13.5. The van der Waals surface area contributed by atoms with E-state index in [4.69, 9.17) is 5.73 Å². The highest BCUT2D eigenvalue weighted by molar-refractivity contribution is 5.93. The fourth-order valence-corrected chi connectivity index (χ4v) is 2.85. The number of rotatable bonds is 5. The van der Waals surface area contributed by atoms with E-state index < -0.39 is 10.8 Å². The summed E-state index contributed by atoms with van der Waals surface area (Å²) in [4.78, 5) is 34.7. The number of amides is 1. The van der Waals surface area contributed by atoms with E-state index in [2.05, 4.69) is 19.8 Å². The fraction of sp³-hybridized carbons (Fsp3) is 0.312. The molecule has 1 saturated heterocycles. The van der Waals surface area contributed by atoms with E-state index in [1.165, 1.54) is 12.1 Å². The molecular weight excluding hydrogens is 324 g/mol. The first kappa shape index (κ1) is 16.8. The van der Waals surface area contributed by atoms with Crippen LogP contribution < -0.4 is 10.6 Å². The second-order valence-electron chi connectivity index (χ2n) is 5.79. The van der Waals surface area contributed by atoms with Crippen molar-refractivity contribution >= 4 is 17.4 Å². The molecule has 3 rings (SSSR count). The van der Waals surface area contributed by atoms with Gasteiger partial charge in [-0.25, -0.2) is 4.98 Å². The molecule has 25 heavy (non-hydrogen) atoms. The van der Waals surface area contributed by atoms with Gasteiger partial charge in [-0.1, -0.05) is 6.07 Å². The van der Waals surface area contributed by atoms with Gasteiger partial charge in [-0.3, -0.25) is 24.8 Å². The number of nitrogens with two attached hydrogens (primary N) is 1. The van der Waals surface area contributed by atoms with Crippen LogP contribution in [-0.4, -0.2) is 51.9 Å². The van der Waals surface area contributed by atoms with Gasteiger partial charge >= 0.3 is 0 Å². The molecule has 9 heteroatoms. The summed E-state index contributed by atoms with van der Waals surface area (Å²) in [6, 6.07) is 4.38. The lowest BCUT2D eigenvalue weighted by Gasteiger charge is -2.35. The Labute approximate surface area is 144 Å². The summed E-state index contributed by atoms with van der Waals surface area (Å²) >= 11 is 0. The highest BCUT2D eigenvalue weighted by Crippen LogP contribution is 2.23. The van der Waals surface area contributed by atoms with Crippen molar-refractivity contribution in [1.82, 2.24) is 14.9 Å². The molecular formula is C16H18N6O3. The lowest BCUT2D eigenvalue weighted by Crippen LogP contribution is -2.46. The third-order valence-electron chi connectivity index (χ3n) is 4.21. The number of nitro benzene ring substituents is 1. The van der Waals surface area contributed by atoms with Crippen LogP contribution in [-0.2, 0) is 6.54 Å². The molecule has 2 aromatic rings. The molecule has 0 spiro atoms. The summed E-state index contributed by atoms with van der Waals surface area (Å²) in [5.74, 6) is 0.158. The molecule has 1 aliphatic rings. The summed E-state index contributed by atoms with van der Waals surface area (Å²) in [5.41, 5.74) is 5.84. The van der Waals surface area contributed by atoms with Gasteiger partial charge in [-0.05, 0) is 6.07 Å². The van der Waals surface area contributed by atoms with Gasteiger partial charge in [-0.2, -0.15) is 0 Å². The Bertz CT molecular complexity index is 775. The molecule has 0 saturated carbocycles. The molecule has 0 unspecified atom stereocenters. The number of hydrogen-bond donors (Lipinski definition) is 1. The Morgan fingerprint density at radius 2 is 2.00 bits per heavy atom. The first-order valence-electron chi connectivity index (χ1n) is 7.85. The van der Waals surface area contributed by atoms with Crippen LogP contribution in [0, 0.1) is 10.1 Å². The Balaban J connectivity index is 1.68. The van der Waals surface area contributed by atoms with E-state index in [0.717, 1.165) is 32.0 Å². The van der Waals surface area contributed by atoms with Gasteiger partial charge in [0, 0.05) is 62.3 Å². The van der Waals surface area contributed by atoms with Crippen molar-refractivity contribution in [2.24, 2.45) is 5.73 Å². The highest BCUT2D eigenvalue weighted by Gasteiger charge is 2.22. The molecule has 1 aromatic carbocycles. The van der Waals surface area contributed by atoms with Gasteiger partial charge in [0.15, 0.2) is 0 Å². The Morgan fingerprint density at radius 1 is 1.24 bits per heavy atom. The lowest BCUT2D eigenvalue weighted by molar-refractivity contribution is -0.385. The molecule has 2 N–H and O–H groups in total. The van der Waals surface area contributed by atoms with Crippen molar-refractivity contribution < 1.29 is 9.72 Å². The third-order valence-corrected chi connectivity index (χ3v) is 4.21. The van der Waals surface area contributed by atoms with Crippen LogP contribution in [0.1, 0.15) is 15.9 Å². The number of benzene rings is 1. The molecule has 2 heterocycles. The second kappa shape index (κ2) is 7.22. The average molecular weight is 342 g/mol. The van der Waals surface area contributed by atoms with Crippen molar-refractivity contribution in [2.45, 2.75) is 6.54 Å². The van der Waals surface area contributed by atoms with Crippen molar-refractivity contribution in [3.05, 3.63) is 58.0 Å². The topological polar surface area (TPSA) is 118 Å². The summed E-state index contributed by atoms with van der Waals surface area (Å²) < 4.78 is 0. The molecule has 0 bridgehead atoms. The minimum Gasteiger partial charge on any atom is -0.366 e. The highest BCUT2D eigenvalue weighted by atomic mass is 16.6. The SMILES string of the molecule is NC(=O)c1ccc(CN2CCN(c3cnccn3)CC2)c([N+](=O)[O-])c1. The average Bonchev–Trinajstić information content (AvgIpc) is 2.63.